The van der Waals surface area contributed by atoms with Crippen LogP contribution in [0.1, 0.15) is 65.2 Å². The Hall–Kier alpha value is -1.26. The lowest BCUT2D eigenvalue weighted by Gasteiger charge is -2.18. The minimum atomic E-state index is -0.732. The van der Waals surface area contributed by atoms with Crippen molar-refractivity contribution >= 4 is 12.0 Å². The van der Waals surface area contributed by atoms with Crippen LogP contribution in [0, 0.1) is 11.8 Å². The van der Waals surface area contributed by atoms with Crippen molar-refractivity contribution in [3.63, 3.8) is 0 Å². The standard InChI is InChI=1S/C16H30N2O3/c1-3-4-5-6-8-12(2)18-16(21)17-11-13-9-7-10-14(13)15(19)20/h12-14H,3-11H2,1-2H3,(H,19,20)(H2,17,18,21). The number of rotatable bonds is 9. The topological polar surface area (TPSA) is 78.4 Å². The smallest absolute Gasteiger partial charge is 0.315 e. The number of amides is 2. The van der Waals surface area contributed by atoms with Gasteiger partial charge in [-0.25, -0.2) is 4.79 Å². The number of hydrogen-bond donors (Lipinski definition) is 3. The van der Waals surface area contributed by atoms with Crippen molar-refractivity contribution in [1.29, 1.82) is 0 Å². The second kappa shape index (κ2) is 9.64. The molecule has 0 aromatic heterocycles. The molecule has 21 heavy (non-hydrogen) atoms. The van der Waals surface area contributed by atoms with Gasteiger partial charge in [-0.15, -0.1) is 0 Å². The van der Waals surface area contributed by atoms with Gasteiger partial charge in [0.15, 0.2) is 0 Å². The highest BCUT2D eigenvalue weighted by molar-refractivity contribution is 5.74. The second-order valence-corrected chi connectivity index (χ2v) is 6.24. The Kier molecular flexibility index (Phi) is 8.16. The molecule has 1 rings (SSSR count). The van der Waals surface area contributed by atoms with Crippen molar-refractivity contribution in [2.45, 2.75) is 71.3 Å². The summed E-state index contributed by atoms with van der Waals surface area (Å²) < 4.78 is 0. The van der Waals surface area contributed by atoms with Gasteiger partial charge < -0.3 is 15.7 Å². The predicted molar refractivity (Wildman–Crippen MR) is 83.2 cm³/mol. The van der Waals surface area contributed by atoms with Crippen LogP contribution in [-0.2, 0) is 4.79 Å². The molecule has 3 atom stereocenters. The van der Waals surface area contributed by atoms with E-state index in [1.54, 1.807) is 0 Å². The van der Waals surface area contributed by atoms with Crippen molar-refractivity contribution in [2.75, 3.05) is 6.54 Å². The van der Waals surface area contributed by atoms with E-state index in [0.717, 1.165) is 32.1 Å². The number of carboxylic acids is 1. The molecule has 5 nitrogen and oxygen atoms in total. The molecule has 122 valence electrons. The normalized spacial score (nSPS) is 22.8. The first-order valence-corrected chi connectivity index (χ1v) is 8.31. The summed E-state index contributed by atoms with van der Waals surface area (Å²) in [6.45, 7) is 4.66. The Balaban J connectivity index is 2.17. The number of urea groups is 1. The van der Waals surface area contributed by atoms with E-state index in [9.17, 15) is 9.59 Å². The fraction of sp³-hybridized carbons (Fsp3) is 0.875. The van der Waals surface area contributed by atoms with Gasteiger partial charge in [-0.05, 0) is 32.1 Å². The zero-order valence-electron chi connectivity index (χ0n) is 13.4. The van der Waals surface area contributed by atoms with Crippen LogP contribution in [0.15, 0.2) is 0 Å². The first kappa shape index (κ1) is 17.8. The maximum absolute atomic E-state index is 11.8. The lowest BCUT2D eigenvalue weighted by molar-refractivity contribution is -0.142. The van der Waals surface area contributed by atoms with Gasteiger partial charge in [0.25, 0.3) is 0 Å². The maximum Gasteiger partial charge on any atom is 0.315 e. The molecule has 1 fully saturated rings. The third kappa shape index (κ3) is 6.82. The molecule has 3 unspecified atom stereocenters. The molecule has 1 saturated carbocycles. The number of carboxylic acid groups (broad SMARTS) is 1. The van der Waals surface area contributed by atoms with Gasteiger partial charge in [-0.1, -0.05) is 39.0 Å². The van der Waals surface area contributed by atoms with E-state index < -0.39 is 5.97 Å². The summed E-state index contributed by atoms with van der Waals surface area (Å²) >= 11 is 0. The highest BCUT2D eigenvalue weighted by Gasteiger charge is 2.32. The van der Waals surface area contributed by atoms with Crippen LogP contribution in [0.3, 0.4) is 0 Å². The molecule has 3 N–H and O–H groups in total. The van der Waals surface area contributed by atoms with Crippen molar-refractivity contribution < 1.29 is 14.7 Å². The highest BCUT2D eigenvalue weighted by Crippen LogP contribution is 2.31. The van der Waals surface area contributed by atoms with Gasteiger partial charge in [-0.3, -0.25) is 4.79 Å². The minimum Gasteiger partial charge on any atom is -0.481 e. The third-order valence-corrected chi connectivity index (χ3v) is 4.37. The lowest BCUT2D eigenvalue weighted by atomic mass is 9.96. The minimum absolute atomic E-state index is 0.0770. The molecule has 1 aliphatic rings. The van der Waals surface area contributed by atoms with E-state index >= 15 is 0 Å². The Morgan fingerprint density at radius 1 is 1.24 bits per heavy atom. The molecule has 5 heteroatoms. The quantitative estimate of drug-likeness (QED) is 0.572. The molecular formula is C16H30N2O3. The summed E-state index contributed by atoms with van der Waals surface area (Å²) in [4.78, 5) is 22.9. The molecule has 2 amide bonds. The van der Waals surface area contributed by atoms with E-state index in [2.05, 4.69) is 17.6 Å². The summed E-state index contributed by atoms with van der Waals surface area (Å²) in [6, 6.07) is -0.00487. The Bertz CT molecular complexity index is 333. The van der Waals surface area contributed by atoms with Crippen molar-refractivity contribution in [3.8, 4) is 0 Å². The average molecular weight is 298 g/mol. The van der Waals surface area contributed by atoms with Crippen molar-refractivity contribution in [1.82, 2.24) is 10.6 Å². The van der Waals surface area contributed by atoms with Crippen LogP contribution in [0.5, 0.6) is 0 Å². The summed E-state index contributed by atoms with van der Waals surface area (Å²) in [7, 11) is 0. The number of carbonyl (C=O) groups is 2. The van der Waals surface area contributed by atoms with E-state index in [4.69, 9.17) is 5.11 Å². The summed E-state index contributed by atoms with van der Waals surface area (Å²) in [5, 5.41) is 14.9. The average Bonchev–Trinajstić information content (AvgIpc) is 2.90. The largest absolute Gasteiger partial charge is 0.481 e. The molecule has 0 bridgehead atoms. The zero-order valence-corrected chi connectivity index (χ0v) is 13.4. The summed E-state index contributed by atoms with van der Waals surface area (Å²) in [5.41, 5.74) is 0. The van der Waals surface area contributed by atoms with Gasteiger partial charge in [-0.2, -0.15) is 0 Å². The van der Waals surface area contributed by atoms with Crippen LogP contribution in [0.2, 0.25) is 0 Å². The fourth-order valence-electron chi connectivity index (χ4n) is 3.05. The van der Waals surface area contributed by atoms with E-state index in [1.807, 2.05) is 6.92 Å². The molecule has 0 aromatic carbocycles. The maximum atomic E-state index is 11.8. The predicted octanol–water partition coefficient (Wildman–Crippen LogP) is 3.15. The SMILES string of the molecule is CCCCCCC(C)NC(=O)NCC1CCCC1C(=O)O. The molecule has 0 spiro atoms. The lowest BCUT2D eigenvalue weighted by Crippen LogP contribution is -2.43. The molecule has 0 aliphatic heterocycles. The molecule has 0 aromatic rings. The van der Waals surface area contributed by atoms with Crippen LogP contribution in [0.25, 0.3) is 0 Å². The van der Waals surface area contributed by atoms with Gasteiger partial charge in [0, 0.05) is 12.6 Å². The first-order valence-electron chi connectivity index (χ1n) is 8.31. The van der Waals surface area contributed by atoms with Gasteiger partial charge in [0.05, 0.1) is 5.92 Å². The van der Waals surface area contributed by atoms with Crippen molar-refractivity contribution in [3.05, 3.63) is 0 Å². The summed E-state index contributed by atoms with van der Waals surface area (Å²) in [5.74, 6) is -0.950. The number of unbranched alkanes of at least 4 members (excludes halogenated alkanes) is 3. The molecular weight excluding hydrogens is 268 g/mol. The Morgan fingerprint density at radius 3 is 2.67 bits per heavy atom. The number of hydrogen-bond acceptors (Lipinski definition) is 2. The first-order chi connectivity index (χ1) is 10.0. The highest BCUT2D eigenvalue weighted by atomic mass is 16.4. The van der Waals surface area contributed by atoms with Crippen LogP contribution in [0.4, 0.5) is 4.79 Å². The number of aliphatic carboxylic acids is 1. The number of nitrogens with one attached hydrogen (secondary N) is 2. The Labute approximate surface area is 127 Å². The molecule has 0 saturated heterocycles. The van der Waals surface area contributed by atoms with Crippen molar-refractivity contribution in [2.24, 2.45) is 11.8 Å². The Morgan fingerprint density at radius 2 is 2.00 bits per heavy atom. The summed E-state index contributed by atoms with van der Waals surface area (Å²) in [6.07, 6.45) is 8.38. The monoisotopic (exact) mass is 298 g/mol. The van der Waals surface area contributed by atoms with Crippen LogP contribution in [-0.4, -0.2) is 29.7 Å². The zero-order chi connectivity index (χ0) is 15.7. The van der Waals surface area contributed by atoms with Gasteiger partial charge >= 0.3 is 12.0 Å². The molecule has 1 aliphatic carbocycles. The van der Waals surface area contributed by atoms with Crippen LogP contribution >= 0.6 is 0 Å². The second-order valence-electron chi connectivity index (χ2n) is 6.24. The van der Waals surface area contributed by atoms with E-state index in [0.29, 0.717) is 6.54 Å². The van der Waals surface area contributed by atoms with Crippen LogP contribution < -0.4 is 10.6 Å². The number of carbonyl (C=O) groups excluding carboxylic acids is 1. The molecule has 0 radical (unpaired) electrons. The van der Waals surface area contributed by atoms with E-state index in [-0.39, 0.29) is 23.9 Å². The molecule has 0 heterocycles. The van der Waals surface area contributed by atoms with Gasteiger partial charge in [0.2, 0.25) is 0 Å². The van der Waals surface area contributed by atoms with E-state index in [1.165, 1.54) is 19.3 Å². The fourth-order valence-corrected chi connectivity index (χ4v) is 3.05. The van der Waals surface area contributed by atoms with Gasteiger partial charge in [0.1, 0.15) is 0 Å². The third-order valence-electron chi connectivity index (χ3n) is 4.37.